The topological polar surface area (TPSA) is 57.6 Å². The molecular formula is C23H12Cl4FNO3. The Morgan fingerprint density at radius 2 is 1.47 bits per heavy atom. The van der Waals surface area contributed by atoms with Crippen molar-refractivity contribution in [3.8, 4) is 0 Å². The molecule has 4 nitrogen and oxygen atoms in total. The Morgan fingerprint density at radius 1 is 0.844 bits per heavy atom. The van der Waals surface area contributed by atoms with E-state index in [1.54, 1.807) is 6.07 Å². The third kappa shape index (κ3) is 3.86. The van der Waals surface area contributed by atoms with Gasteiger partial charge in [0.15, 0.2) is 0 Å². The van der Waals surface area contributed by atoms with E-state index in [0.29, 0.717) is 0 Å². The quantitative estimate of drug-likeness (QED) is 0.233. The van der Waals surface area contributed by atoms with Crippen molar-refractivity contribution >= 4 is 69.5 Å². The molecule has 0 bridgehead atoms. The fraction of sp³-hybridized carbons (Fsp3) is 0.0435. The Balaban J connectivity index is 1.99. The zero-order valence-electron chi connectivity index (χ0n) is 16.0. The second-order valence-electron chi connectivity index (χ2n) is 6.92. The summed E-state index contributed by atoms with van der Waals surface area (Å²) >= 11 is 24.1. The van der Waals surface area contributed by atoms with E-state index in [9.17, 15) is 19.1 Å². The highest BCUT2D eigenvalue weighted by Gasteiger charge is 2.48. The summed E-state index contributed by atoms with van der Waals surface area (Å²) < 4.78 is 14.8. The maximum atomic E-state index is 14.8. The third-order valence-electron chi connectivity index (χ3n) is 5.02. The van der Waals surface area contributed by atoms with Gasteiger partial charge in [0.1, 0.15) is 11.6 Å². The molecule has 1 fully saturated rings. The number of carbonyl (C=O) groups excluding carboxylic acids is 2. The molecule has 0 aliphatic carbocycles. The minimum Gasteiger partial charge on any atom is -0.507 e. The Morgan fingerprint density at radius 3 is 2.09 bits per heavy atom. The number of amides is 1. The van der Waals surface area contributed by atoms with E-state index in [4.69, 9.17) is 46.4 Å². The molecule has 1 N–H and O–H groups in total. The average Bonchev–Trinajstić information content (AvgIpc) is 3.02. The van der Waals surface area contributed by atoms with Crippen LogP contribution in [0.3, 0.4) is 0 Å². The van der Waals surface area contributed by atoms with Gasteiger partial charge in [-0.2, -0.15) is 0 Å². The summed E-state index contributed by atoms with van der Waals surface area (Å²) in [4.78, 5) is 27.2. The van der Waals surface area contributed by atoms with Gasteiger partial charge in [0.25, 0.3) is 11.7 Å². The van der Waals surface area contributed by atoms with Gasteiger partial charge in [0.2, 0.25) is 0 Å². The molecule has 3 aromatic rings. The lowest BCUT2D eigenvalue weighted by molar-refractivity contribution is -0.132. The fourth-order valence-corrected chi connectivity index (χ4v) is 4.11. The predicted molar refractivity (Wildman–Crippen MR) is 124 cm³/mol. The predicted octanol–water partition coefficient (Wildman–Crippen LogP) is 7.07. The van der Waals surface area contributed by atoms with Crippen LogP contribution in [0.5, 0.6) is 0 Å². The second-order valence-corrected chi connectivity index (χ2v) is 8.55. The van der Waals surface area contributed by atoms with Crippen molar-refractivity contribution in [3.63, 3.8) is 0 Å². The lowest BCUT2D eigenvalue weighted by Gasteiger charge is -2.26. The van der Waals surface area contributed by atoms with Gasteiger partial charge in [-0.3, -0.25) is 14.5 Å². The van der Waals surface area contributed by atoms with Crippen molar-refractivity contribution in [2.45, 2.75) is 6.04 Å². The number of carbonyl (C=O) groups is 2. The van der Waals surface area contributed by atoms with Gasteiger partial charge in [-0.25, -0.2) is 4.39 Å². The normalized spacial score (nSPS) is 17.8. The Bertz CT molecular complexity index is 1310. The number of anilines is 1. The standard InChI is InChI=1S/C23H12Cl4FNO3/c24-14-7-5-11(9-16(14)26)21(30)19-20(13-3-1-2-4-18(13)28)29(23(32)22(19)31)12-6-8-15(25)17(27)10-12/h1-10,20,30H/b21-19+. The van der Waals surface area contributed by atoms with E-state index >= 15 is 0 Å². The van der Waals surface area contributed by atoms with Gasteiger partial charge < -0.3 is 5.11 Å². The van der Waals surface area contributed by atoms with Crippen LogP contribution in [0.15, 0.2) is 66.2 Å². The van der Waals surface area contributed by atoms with Gasteiger partial charge in [-0.05, 0) is 42.5 Å². The zero-order valence-corrected chi connectivity index (χ0v) is 19.0. The largest absolute Gasteiger partial charge is 0.507 e. The van der Waals surface area contributed by atoms with Crippen molar-refractivity contribution in [2.75, 3.05) is 4.90 Å². The molecule has 32 heavy (non-hydrogen) atoms. The second kappa shape index (κ2) is 8.75. The molecule has 162 valence electrons. The maximum Gasteiger partial charge on any atom is 0.300 e. The van der Waals surface area contributed by atoms with E-state index in [-0.39, 0.29) is 42.5 Å². The van der Waals surface area contributed by atoms with E-state index < -0.39 is 29.3 Å². The van der Waals surface area contributed by atoms with Crippen LogP contribution in [0.1, 0.15) is 17.2 Å². The highest BCUT2D eigenvalue weighted by Crippen LogP contribution is 2.44. The monoisotopic (exact) mass is 509 g/mol. The number of aliphatic hydroxyl groups excluding tert-OH is 1. The van der Waals surface area contributed by atoms with Crippen LogP contribution in [0, 0.1) is 5.82 Å². The van der Waals surface area contributed by atoms with E-state index in [2.05, 4.69) is 0 Å². The summed E-state index contributed by atoms with van der Waals surface area (Å²) in [6, 6.07) is 13.0. The molecule has 1 aliphatic heterocycles. The summed E-state index contributed by atoms with van der Waals surface area (Å²) in [7, 11) is 0. The van der Waals surface area contributed by atoms with Crippen LogP contribution in [0.2, 0.25) is 20.1 Å². The lowest BCUT2D eigenvalue weighted by atomic mass is 9.94. The molecule has 1 heterocycles. The number of ketones is 1. The highest BCUT2D eigenvalue weighted by molar-refractivity contribution is 6.52. The SMILES string of the molecule is O=C1C(=O)N(c2ccc(Cl)c(Cl)c2)C(c2ccccc2F)/C1=C(\O)c1ccc(Cl)c(Cl)c1. The minimum absolute atomic E-state index is 0.0133. The number of aliphatic hydroxyl groups is 1. The van der Waals surface area contributed by atoms with Gasteiger partial charge in [-0.15, -0.1) is 0 Å². The van der Waals surface area contributed by atoms with Gasteiger partial charge in [-0.1, -0.05) is 64.6 Å². The lowest BCUT2D eigenvalue weighted by Crippen LogP contribution is -2.29. The number of nitrogens with zero attached hydrogens (tertiary/aromatic N) is 1. The van der Waals surface area contributed by atoms with Crippen molar-refractivity contribution in [1.29, 1.82) is 0 Å². The molecule has 9 heteroatoms. The smallest absolute Gasteiger partial charge is 0.300 e. The van der Waals surface area contributed by atoms with Crippen LogP contribution in [0.25, 0.3) is 5.76 Å². The molecule has 0 aromatic heterocycles. The van der Waals surface area contributed by atoms with Gasteiger partial charge in [0, 0.05) is 16.8 Å². The van der Waals surface area contributed by atoms with Crippen LogP contribution in [0.4, 0.5) is 10.1 Å². The summed E-state index contributed by atoms with van der Waals surface area (Å²) in [5.41, 5.74) is 0.0692. The first-order valence-corrected chi connectivity index (χ1v) is 10.7. The molecule has 1 saturated heterocycles. The molecule has 4 rings (SSSR count). The molecule has 3 aromatic carbocycles. The van der Waals surface area contributed by atoms with Crippen molar-refractivity contribution in [3.05, 3.63) is 103 Å². The number of hydrogen-bond acceptors (Lipinski definition) is 3. The molecule has 1 atom stereocenters. The molecule has 0 radical (unpaired) electrons. The van der Waals surface area contributed by atoms with E-state index in [1.165, 1.54) is 54.6 Å². The van der Waals surface area contributed by atoms with E-state index in [1.807, 2.05) is 0 Å². The molecule has 1 aliphatic rings. The van der Waals surface area contributed by atoms with Crippen LogP contribution >= 0.6 is 46.4 Å². The number of rotatable bonds is 3. The van der Waals surface area contributed by atoms with Gasteiger partial charge >= 0.3 is 0 Å². The number of Topliss-reactive ketones (excluding diaryl/α,β-unsaturated/α-hetero) is 1. The summed E-state index contributed by atoms with van der Waals surface area (Å²) in [5, 5.41) is 11.8. The molecular weight excluding hydrogens is 499 g/mol. The Kier molecular flexibility index (Phi) is 6.19. The zero-order chi connectivity index (χ0) is 23.2. The number of hydrogen-bond donors (Lipinski definition) is 1. The number of halogens is 5. The average molecular weight is 511 g/mol. The molecule has 0 saturated carbocycles. The van der Waals surface area contributed by atoms with Crippen molar-refractivity contribution in [1.82, 2.24) is 0 Å². The number of benzene rings is 3. The van der Waals surface area contributed by atoms with Gasteiger partial charge in [0.05, 0.1) is 31.7 Å². The summed E-state index contributed by atoms with van der Waals surface area (Å²) in [5.74, 6) is -3.13. The molecule has 1 unspecified atom stereocenters. The summed E-state index contributed by atoms with van der Waals surface area (Å²) in [6.07, 6.45) is 0. The third-order valence-corrected chi connectivity index (χ3v) is 6.50. The van der Waals surface area contributed by atoms with Crippen LogP contribution < -0.4 is 4.90 Å². The van der Waals surface area contributed by atoms with Crippen molar-refractivity contribution in [2.24, 2.45) is 0 Å². The molecule has 1 amide bonds. The summed E-state index contributed by atoms with van der Waals surface area (Å²) in [6.45, 7) is 0. The van der Waals surface area contributed by atoms with Crippen molar-refractivity contribution < 1.29 is 19.1 Å². The maximum absolute atomic E-state index is 14.8. The first-order valence-electron chi connectivity index (χ1n) is 9.16. The van der Waals surface area contributed by atoms with Crippen LogP contribution in [-0.4, -0.2) is 16.8 Å². The molecule has 0 spiro atoms. The van der Waals surface area contributed by atoms with E-state index in [0.717, 1.165) is 4.90 Å². The first-order chi connectivity index (χ1) is 15.2. The van der Waals surface area contributed by atoms with Crippen LogP contribution in [-0.2, 0) is 9.59 Å². The highest BCUT2D eigenvalue weighted by atomic mass is 35.5. The Labute approximate surface area is 202 Å². The fourth-order valence-electron chi connectivity index (χ4n) is 3.52. The first kappa shape index (κ1) is 22.6. The minimum atomic E-state index is -1.26. The Hall–Kier alpha value is -2.57.